The number of nitrogens with one attached hydrogen (secondary N) is 3. The largest absolute Gasteiger partial charge is 0.383 e. The van der Waals surface area contributed by atoms with Crippen molar-refractivity contribution in [1.82, 2.24) is 16.0 Å². The Bertz CT molecular complexity index is 474. The number of hydrogen-bond donors (Lipinski definition) is 3. The van der Waals surface area contributed by atoms with Crippen LogP contribution in [0.2, 0.25) is 0 Å². The first-order chi connectivity index (χ1) is 10.2. The molecule has 116 valence electrons. The molecule has 0 aromatic heterocycles. The molecule has 21 heavy (non-hydrogen) atoms. The van der Waals surface area contributed by atoms with Gasteiger partial charge in [0, 0.05) is 27.2 Å². The van der Waals surface area contributed by atoms with Crippen molar-refractivity contribution in [3.05, 3.63) is 35.4 Å². The number of methoxy groups -OCH3 is 1. The van der Waals surface area contributed by atoms with Crippen LogP contribution in [0.1, 0.15) is 11.1 Å². The molecule has 6 heteroatoms. The minimum absolute atomic E-state index is 0.0921. The zero-order valence-corrected chi connectivity index (χ0v) is 12.9. The van der Waals surface area contributed by atoms with Crippen LogP contribution in [-0.4, -0.2) is 45.7 Å². The number of aryl methyl sites for hydroxylation is 1. The van der Waals surface area contributed by atoms with Crippen LogP contribution in [0.5, 0.6) is 0 Å². The number of nitrogens with zero attached hydrogens (tertiary/aromatic N) is 1. The normalized spacial score (nSPS) is 11.1. The van der Waals surface area contributed by atoms with Crippen LogP contribution in [0.4, 0.5) is 0 Å². The molecule has 0 bridgehead atoms. The minimum Gasteiger partial charge on any atom is -0.383 e. The number of rotatable bonds is 7. The van der Waals surface area contributed by atoms with Gasteiger partial charge in [-0.25, -0.2) is 0 Å². The second-order valence-corrected chi connectivity index (χ2v) is 4.61. The predicted octanol–water partition coefficient (Wildman–Crippen LogP) is 0.423. The van der Waals surface area contributed by atoms with Gasteiger partial charge in [-0.3, -0.25) is 9.79 Å². The van der Waals surface area contributed by atoms with Gasteiger partial charge in [0.15, 0.2) is 5.96 Å². The van der Waals surface area contributed by atoms with E-state index in [2.05, 4.69) is 40.0 Å². The molecule has 0 aliphatic rings. The molecule has 0 heterocycles. The molecule has 1 amide bonds. The van der Waals surface area contributed by atoms with Crippen molar-refractivity contribution in [2.45, 2.75) is 13.5 Å². The second-order valence-electron chi connectivity index (χ2n) is 4.61. The summed E-state index contributed by atoms with van der Waals surface area (Å²) < 4.78 is 4.86. The van der Waals surface area contributed by atoms with E-state index in [0.717, 1.165) is 0 Å². The Balaban J connectivity index is 2.30. The third-order valence-electron chi connectivity index (χ3n) is 2.81. The molecule has 1 aromatic rings. The van der Waals surface area contributed by atoms with E-state index in [1.807, 2.05) is 12.1 Å². The fourth-order valence-corrected chi connectivity index (χ4v) is 1.75. The van der Waals surface area contributed by atoms with E-state index in [9.17, 15) is 4.79 Å². The predicted molar refractivity (Wildman–Crippen MR) is 84.3 cm³/mol. The van der Waals surface area contributed by atoms with Gasteiger partial charge in [0.05, 0.1) is 13.2 Å². The molecule has 1 aromatic carbocycles. The van der Waals surface area contributed by atoms with E-state index in [1.54, 1.807) is 14.2 Å². The summed E-state index contributed by atoms with van der Waals surface area (Å²) >= 11 is 0. The van der Waals surface area contributed by atoms with Crippen LogP contribution in [0, 0.1) is 6.92 Å². The molecular formula is C15H24N4O2. The number of carbonyl (C=O) groups excluding carboxylic acids is 1. The molecule has 0 saturated carbocycles. The lowest BCUT2D eigenvalue weighted by Gasteiger charge is -2.12. The lowest BCUT2D eigenvalue weighted by Crippen LogP contribution is -2.43. The summed E-state index contributed by atoms with van der Waals surface area (Å²) in [6.07, 6.45) is 0. The number of guanidine groups is 1. The van der Waals surface area contributed by atoms with Gasteiger partial charge in [-0.15, -0.1) is 0 Å². The Morgan fingerprint density at radius 3 is 2.76 bits per heavy atom. The van der Waals surface area contributed by atoms with Gasteiger partial charge in [-0.2, -0.15) is 0 Å². The number of hydrogen-bond acceptors (Lipinski definition) is 3. The lowest BCUT2D eigenvalue weighted by molar-refractivity contribution is -0.120. The van der Waals surface area contributed by atoms with Crippen LogP contribution in [0.3, 0.4) is 0 Å². The van der Waals surface area contributed by atoms with Gasteiger partial charge in [-0.05, 0) is 12.5 Å². The van der Waals surface area contributed by atoms with E-state index >= 15 is 0 Å². The average molecular weight is 292 g/mol. The number of ether oxygens (including phenoxy) is 1. The van der Waals surface area contributed by atoms with E-state index < -0.39 is 0 Å². The van der Waals surface area contributed by atoms with Crippen LogP contribution < -0.4 is 16.0 Å². The maximum Gasteiger partial charge on any atom is 0.239 e. The Hall–Kier alpha value is -2.08. The van der Waals surface area contributed by atoms with Gasteiger partial charge >= 0.3 is 0 Å². The summed E-state index contributed by atoms with van der Waals surface area (Å²) in [7, 11) is 3.27. The molecule has 3 N–H and O–H groups in total. The number of aliphatic imine (C=N–C) groups is 1. The summed E-state index contributed by atoms with van der Waals surface area (Å²) in [5.74, 6) is 0.504. The van der Waals surface area contributed by atoms with Crippen molar-refractivity contribution >= 4 is 11.9 Å². The number of amides is 1. The number of carbonyl (C=O) groups is 1. The average Bonchev–Trinajstić information content (AvgIpc) is 2.48. The van der Waals surface area contributed by atoms with Crippen molar-refractivity contribution in [2.75, 3.05) is 33.9 Å². The van der Waals surface area contributed by atoms with Gasteiger partial charge in [0.1, 0.15) is 0 Å². The Morgan fingerprint density at radius 1 is 1.29 bits per heavy atom. The first kappa shape index (κ1) is 17.0. The van der Waals surface area contributed by atoms with Crippen molar-refractivity contribution < 1.29 is 9.53 Å². The maximum atomic E-state index is 11.5. The molecule has 0 radical (unpaired) electrons. The maximum absolute atomic E-state index is 11.5. The van der Waals surface area contributed by atoms with E-state index in [0.29, 0.717) is 25.7 Å². The zero-order chi connectivity index (χ0) is 15.5. The fourth-order valence-electron chi connectivity index (χ4n) is 1.75. The monoisotopic (exact) mass is 292 g/mol. The third kappa shape index (κ3) is 7.31. The quantitative estimate of drug-likeness (QED) is 0.387. The lowest BCUT2D eigenvalue weighted by atomic mass is 10.1. The highest BCUT2D eigenvalue weighted by Crippen LogP contribution is 2.02. The Kier molecular flexibility index (Phi) is 7.89. The van der Waals surface area contributed by atoms with Crippen LogP contribution in [0.25, 0.3) is 0 Å². The highest BCUT2D eigenvalue weighted by molar-refractivity contribution is 5.86. The second kappa shape index (κ2) is 9.77. The molecule has 0 spiro atoms. The van der Waals surface area contributed by atoms with E-state index in [1.165, 1.54) is 11.1 Å². The van der Waals surface area contributed by atoms with E-state index in [4.69, 9.17) is 4.74 Å². The summed E-state index contributed by atoms with van der Waals surface area (Å²) in [4.78, 5) is 15.6. The molecule has 1 rings (SSSR count). The standard InChI is InChI=1S/C15H24N4O2/c1-12-5-4-6-13(9-12)10-18-15(16-2)19-11-14(20)17-7-8-21-3/h4-6,9H,7-8,10-11H2,1-3H3,(H,17,20)(H2,16,18,19). The van der Waals surface area contributed by atoms with Crippen molar-refractivity contribution in [3.8, 4) is 0 Å². The smallest absolute Gasteiger partial charge is 0.239 e. The first-order valence-electron chi connectivity index (χ1n) is 6.91. The van der Waals surface area contributed by atoms with Gasteiger partial charge in [0.2, 0.25) is 5.91 Å². The first-order valence-corrected chi connectivity index (χ1v) is 6.91. The van der Waals surface area contributed by atoms with Crippen molar-refractivity contribution in [3.63, 3.8) is 0 Å². The minimum atomic E-state index is -0.0921. The molecule has 0 unspecified atom stereocenters. The highest BCUT2D eigenvalue weighted by Gasteiger charge is 2.03. The third-order valence-corrected chi connectivity index (χ3v) is 2.81. The van der Waals surface area contributed by atoms with Crippen molar-refractivity contribution in [1.29, 1.82) is 0 Å². The highest BCUT2D eigenvalue weighted by atomic mass is 16.5. The SMILES string of the molecule is CN=C(NCC(=O)NCCOC)NCc1cccc(C)c1. The van der Waals surface area contributed by atoms with Crippen LogP contribution in [0.15, 0.2) is 29.3 Å². The van der Waals surface area contributed by atoms with Gasteiger partial charge in [-0.1, -0.05) is 29.8 Å². The molecule has 0 aliphatic heterocycles. The topological polar surface area (TPSA) is 74.8 Å². The fraction of sp³-hybridized carbons (Fsp3) is 0.467. The summed E-state index contributed by atoms with van der Waals surface area (Å²) in [6.45, 7) is 3.91. The van der Waals surface area contributed by atoms with Crippen LogP contribution >= 0.6 is 0 Å². The number of benzene rings is 1. The van der Waals surface area contributed by atoms with Gasteiger partial charge < -0.3 is 20.7 Å². The summed E-state index contributed by atoms with van der Waals surface area (Å²) in [5, 5.41) is 8.87. The van der Waals surface area contributed by atoms with Gasteiger partial charge in [0.25, 0.3) is 0 Å². The zero-order valence-electron chi connectivity index (χ0n) is 12.9. The van der Waals surface area contributed by atoms with Crippen LogP contribution in [-0.2, 0) is 16.1 Å². The molecule has 0 saturated heterocycles. The molecule has 0 atom stereocenters. The Morgan fingerprint density at radius 2 is 2.10 bits per heavy atom. The van der Waals surface area contributed by atoms with Crippen molar-refractivity contribution in [2.24, 2.45) is 4.99 Å². The molecule has 0 aliphatic carbocycles. The van der Waals surface area contributed by atoms with E-state index in [-0.39, 0.29) is 12.5 Å². The molecular weight excluding hydrogens is 268 g/mol. The summed E-state index contributed by atoms with van der Waals surface area (Å²) in [6, 6.07) is 8.23. The summed E-state index contributed by atoms with van der Waals surface area (Å²) in [5.41, 5.74) is 2.39. The molecule has 0 fully saturated rings. The Labute approximate surface area is 126 Å². The molecule has 6 nitrogen and oxygen atoms in total.